The summed E-state index contributed by atoms with van der Waals surface area (Å²) < 4.78 is 77.1. The van der Waals surface area contributed by atoms with Gasteiger partial charge in [-0.3, -0.25) is 101 Å². The van der Waals surface area contributed by atoms with E-state index < -0.39 is 267 Å². The van der Waals surface area contributed by atoms with E-state index in [2.05, 4.69) is 0 Å². The highest BCUT2D eigenvalue weighted by Gasteiger charge is 2.82. The van der Waals surface area contributed by atoms with Gasteiger partial charge in [-0.25, -0.2) is 0 Å². The van der Waals surface area contributed by atoms with Crippen LogP contribution in [-0.4, -0.2) is 179 Å². The van der Waals surface area contributed by atoms with Crippen LogP contribution >= 0.6 is 0 Å². The van der Waals surface area contributed by atoms with Crippen molar-refractivity contribution in [1.29, 1.82) is 0 Å². The lowest BCUT2D eigenvalue weighted by Gasteiger charge is -2.53. The molecule has 0 aliphatic rings. The molecule has 0 saturated heterocycles. The Labute approximate surface area is 627 Å². The number of aliphatic hydroxyl groups is 5. The standard InChI is InChI=1S/C71H62O41/c1-27(73)98-47-16-42(17-48(99-28(2)74)58(47)108-37(11)83)57(88)67(93)69(95,64(90)44-20-51(102-31(5)77)60(110-39(13)85)52(21-44)103-32(6)78)71(97,66(92)46-24-55(106-35(9)81)62(112-41(15)87)56(25-46)107-36(10)82)70(96,65(91)45-22-53(104-33(7)79)61(111-40(14)86)54(23-45)105-34(8)80)68(94,26-72)63(89)43-18-49(100-29(3)75)59(109-38(12)84)50(19-43)101-30(4)76/h16-25,72,94-97H,26H2,1-15H3/t68-,69-,70+,71+/m0/s1. The molecular weight excluding hydrogens is 1510 g/mol. The molecule has 0 fully saturated rings. The lowest BCUT2D eigenvalue weighted by atomic mass is 9.54. The first-order chi connectivity index (χ1) is 51.8. The van der Waals surface area contributed by atoms with Gasteiger partial charge in [-0.15, -0.1) is 0 Å². The van der Waals surface area contributed by atoms with E-state index in [-0.39, 0.29) is 60.7 Å². The molecule has 41 heteroatoms. The number of ether oxygens (including phenoxy) is 15. The number of ketones is 6. The summed E-state index contributed by atoms with van der Waals surface area (Å²) in [5.74, 6) is -60.6. The second-order valence-electron chi connectivity index (χ2n) is 23.0. The van der Waals surface area contributed by atoms with Crippen molar-refractivity contribution in [1.82, 2.24) is 0 Å². The number of Topliss-reactive ketones (excluding diaryl/α,β-unsaturated/α-hetero) is 6. The van der Waals surface area contributed by atoms with Crippen LogP contribution in [0.1, 0.15) is 156 Å². The molecule has 0 aromatic heterocycles. The summed E-state index contributed by atoms with van der Waals surface area (Å²) in [6, 6.07) is 0.696. The Bertz CT molecular complexity index is 4770. The van der Waals surface area contributed by atoms with E-state index >= 15 is 28.8 Å². The average Bonchev–Trinajstić information content (AvgIpc) is 0.673. The fourth-order valence-electron chi connectivity index (χ4n) is 10.3. The Hall–Kier alpha value is -14.0. The van der Waals surface area contributed by atoms with Gasteiger partial charge in [0.1, 0.15) is 0 Å². The molecule has 0 aliphatic heterocycles. The van der Waals surface area contributed by atoms with Crippen LogP contribution in [0.15, 0.2) is 60.7 Å². The fourth-order valence-corrected chi connectivity index (χ4v) is 10.3. The van der Waals surface area contributed by atoms with E-state index in [4.69, 9.17) is 71.1 Å². The van der Waals surface area contributed by atoms with E-state index in [1.54, 1.807) is 0 Å². The number of hydrogen-bond donors (Lipinski definition) is 5. The molecule has 0 amide bonds. The maximum Gasteiger partial charge on any atom is 0.308 e. The van der Waals surface area contributed by atoms with Crippen molar-refractivity contribution in [3.8, 4) is 86.2 Å². The zero-order valence-electron chi connectivity index (χ0n) is 60.9. The minimum absolute atomic E-state index is 0.00607. The molecule has 4 atom stereocenters. The molecule has 5 rings (SSSR count). The molecule has 5 aromatic rings. The first-order valence-corrected chi connectivity index (χ1v) is 31.2. The minimum atomic E-state index is -6.36. The van der Waals surface area contributed by atoms with Gasteiger partial charge in [0.15, 0.2) is 63.1 Å². The van der Waals surface area contributed by atoms with Gasteiger partial charge in [0.25, 0.3) is 0 Å². The van der Waals surface area contributed by atoms with Gasteiger partial charge >= 0.3 is 89.5 Å². The molecular formula is C71H62O41. The van der Waals surface area contributed by atoms with Crippen LogP contribution in [0, 0.1) is 0 Å². The van der Waals surface area contributed by atoms with Crippen LogP contribution in [0.4, 0.5) is 0 Å². The number of aliphatic hydroxyl groups excluding tert-OH is 1. The second-order valence-corrected chi connectivity index (χ2v) is 23.0. The third-order valence-corrected chi connectivity index (χ3v) is 14.0. The van der Waals surface area contributed by atoms with Gasteiger partial charge in [-0.1, -0.05) is 0 Å². The zero-order valence-corrected chi connectivity index (χ0v) is 60.9. The predicted octanol–water partition coefficient (Wildman–Crippen LogP) is 1.77. The van der Waals surface area contributed by atoms with Crippen molar-refractivity contribution in [3.63, 3.8) is 0 Å². The summed E-state index contributed by atoms with van der Waals surface area (Å²) in [5.41, 5.74) is -33.3. The molecule has 592 valence electrons. The Kier molecular flexibility index (Phi) is 28.0. The lowest BCUT2D eigenvalue weighted by molar-refractivity contribution is -0.230. The number of benzene rings is 5. The molecule has 5 N–H and O–H groups in total. The summed E-state index contributed by atoms with van der Waals surface area (Å²) in [7, 11) is 0. The Morgan fingerprint density at radius 2 is 0.393 bits per heavy atom. The van der Waals surface area contributed by atoms with Gasteiger partial charge in [0.2, 0.25) is 80.3 Å². The van der Waals surface area contributed by atoms with Crippen LogP contribution in [0.5, 0.6) is 86.2 Å². The Morgan fingerprint density at radius 3 is 0.571 bits per heavy atom. The Balaban J connectivity index is 2.47. The predicted molar refractivity (Wildman–Crippen MR) is 355 cm³/mol. The zero-order chi connectivity index (χ0) is 85.1. The first-order valence-electron chi connectivity index (χ1n) is 31.2. The smallest absolute Gasteiger partial charge is 0.308 e. The number of carbonyl (C=O) groups excluding carboxylic acids is 21. The Morgan fingerprint density at radius 1 is 0.232 bits per heavy atom. The number of rotatable bonds is 30. The number of carbonyl (C=O) groups is 21. The van der Waals surface area contributed by atoms with Gasteiger partial charge in [-0.05, 0) is 60.7 Å². The average molecular weight is 1570 g/mol. The van der Waals surface area contributed by atoms with E-state index in [0.29, 0.717) is 104 Å². The topological polar surface area (TPSA) is 598 Å². The monoisotopic (exact) mass is 1570 g/mol. The second kappa shape index (κ2) is 35.3. The van der Waals surface area contributed by atoms with E-state index in [0.717, 1.165) is 0 Å². The molecule has 0 spiro atoms. The molecule has 5 aromatic carbocycles. The summed E-state index contributed by atoms with van der Waals surface area (Å²) in [6.45, 7) is 6.28. The molecule has 0 unspecified atom stereocenters. The van der Waals surface area contributed by atoms with Crippen molar-refractivity contribution in [3.05, 3.63) is 88.5 Å². The third-order valence-electron chi connectivity index (χ3n) is 14.0. The third kappa shape index (κ3) is 19.6. The highest BCUT2D eigenvalue weighted by Crippen LogP contribution is 2.53. The summed E-state index contributed by atoms with van der Waals surface area (Å²) >= 11 is 0. The van der Waals surface area contributed by atoms with Crippen LogP contribution in [0.3, 0.4) is 0 Å². The number of esters is 15. The molecule has 112 heavy (non-hydrogen) atoms. The number of hydrogen-bond acceptors (Lipinski definition) is 41. The van der Waals surface area contributed by atoms with E-state index in [9.17, 15) is 97.5 Å². The molecule has 0 bridgehead atoms. The van der Waals surface area contributed by atoms with Crippen molar-refractivity contribution in [2.75, 3.05) is 6.61 Å². The molecule has 0 aliphatic carbocycles. The van der Waals surface area contributed by atoms with Gasteiger partial charge < -0.3 is 96.6 Å². The molecule has 41 nitrogen and oxygen atoms in total. The van der Waals surface area contributed by atoms with E-state index in [1.165, 1.54) is 0 Å². The highest BCUT2D eigenvalue weighted by atomic mass is 16.6. The normalized spacial score (nSPS) is 12.8. The van der Waals surface area contributed by atoms with Gasteiger partial charge in [0, 0.05) is 132 Å². The van der Waals surface area contributed by atoms with Crippen LogP contribution < -0.4 is 71.1 Å². The summed E-state index contributed by atoms with van der Waals surface area (Å²) in [4.78, 5) is 294. The molecule has 0 heterocycles. The maximum atomic E-state index is 17.3. The largest absolute Gasteiger partial charge is 0.423 e. The SMILES string of the molecule is CC(=O)Oc1cc(C(=O)C(=O)[C@@](O)(C(=O)c2cc(OC(C)=O)c(OC(C)=O)c(OC(C)=O)c2)[C@](O)(C(=O)c2cc(OC(C)=O)c(OC(C)=O)c(OC(C)=O)c2)[C@@](O)(C(=O)c2cc(OC(C)=O)c(OC(C)=O)c(OC(C)=O)c2)[C@](O)(CO)C(=O)c2cc(OC(C)=O)c(OC(C)=O)c(OC(C)=O)c2)cc(OC(C)=O)c1OC(C)=O. The fraction of sp³-hybridized carbons (Fsp3) is 0.282. The van der Waals surface area contributed by atoms with E-state index in [1.807, 2.05) is 0 Å². The minimum Gasteiger partial charge on any atom is -0.423 e. The summed E-state index contributed by atoms with van der Waals surface area (Å²) in [6.07, 6.45) is 0. The highest BCUT2D eigenvalue weighted by molar-refractivity contribution is 6.52. The van der Waals surface area contributed by atoms with Crippen LogP contribution in [0.25, 0.3) is 0 Å². The quantitative estimate of drug-likeness (QED) is 0.0144. The van der Waals surface area contributed by atoms with Gasteiger partial charge in [-0.2, -0.15) is 0 Å². The molecule has 0 radical (unpaired) electrons. The van der Waals surface area contributed by atoms with Crippen LogP contribution in [0.2, 0.25) is 0 Å². The van der Waals surface area contributed by atoms with Crippen molar-refractivity contribution in [2.45, 2.75) is 126 Å². The van der Waals surface area contributed by atoms with Gasteiger partial charge in [0.05, 0.1) is 6.61 Å². The molecule has 0 saturated carbocycles. The van der Waals surface area contributed by atoms with Crippen LogP contribution in [-0.2, 0) is 76.7 Å². The van der Waals surface area contributed by atoms with Crippen molar-refractivity contribution >= 4 is 124 Å². The lowest BCUT2D eigenvalue weighted by Crippen LogP contribution is -2.86. The van der Waals surface area contributed by atoms with Crippen molar-refractivity contribution in [2.24, 2.45) is 0 Å². The summed E-state index contributed by atoms with van der Waals surface area (Å²) in [5, 5.41) is 70.4. The maximum absolute atomic E-state index is 17.3. The van der Waals surface area contributed by atoms with Crippen molar-refractivity contribution < 1.29 is 197 Å². The first kappa shape index (κ1) is 88.6.